The van der Waals surface area contributed by atoms with E-state index >= 15 is 0 Å². The number of nitrogens with zero attached hydrogens (tertiary/aromatic N) is 1. The Morgan fingerprint density at radius 1 is 0.939 bits per heavy atom. The molecule has 1 aliphatic heterocycles. The van der Waals surface area contributed by atoms with Crippen molar-refractivity contribution in [1.82, 2.24) is 5.32 Å². The highest BCUT2D eigenvalue weighted by atomic mass is 16.2. The zero-order valence-corrected chi connectivity index (χ0v) is 19.4. The lowest BCUT2D eigenvalue weighted by molar-refractivity contribution is 0.0939. The topological polar surface area (TPSA) is 73.5 Å². The SMILES string of the molecule is CCC(C)NC(=O)c1cc(NC(=O)Nc2cccc3ccccc23)ccc1N1CCCCC1. The molecule has 1 aliphatic rings. The summed E-state index contributed by atoms with van der Waals surface area (Å²) >= 11 is 0. The second-order valence-corrected chi connectivity index (χ2v) is 8.67. The number of benzene rings is 3. The molecule has 1 unspecified atom stereocenters. The molecule has 0 saturated carbocycles. The van der Waals surface area contributed by atoms with E-state index in [-0.39, 0.29) is 18.0 Å². The van der Waals surface area contributed by atoms with E-state index in [1.165, 1.54) is 6.42 Å². The molecule has 1 saturated heterocycles. The van der Waals surface area contributed by atoms with Crippen LogP contribution < -0.4 is 20.9 Å². The van der Waals surface area contributed by atoms with Gasteiger partial charge >= 0.3 is 6.03 Å². The standard InChI is InChI=1S/C27H32N4O2/c1-3-19(2)28-26(32)23-18-21(14-15-25(23)31-16-7-4-8-17-31)29-27(33)30-24-13-9-11-20-10-5-6-12-22(20)24/h5-6,9-15,18-19H,3-4,7-8,16-17H2,1-2H3,(H,28,32)(H2,29,30,33). The summed E-state index contributed by atoms with van der Waals surface area (Å²) in [6, 6.07) is 19.1. The first-order valence-electron chi connectivity index (χ1n) is 11.8. The number of fused-ring (bicyclic) bond motifs is 1. The number of carbonyl (C=O) groups is 2. The van der Waals surface area contributed by atoms with E-state index < -0.39 is 0 Å². The monoisotopic (exact) mass is 444 g/mol. The Hall–Kier alpha value is -3.54. The molecule has 6 heteroatoms. The second kappa shape index (κ2) is 10.4. The van der Waals surface area contributed by atoms with E-state index in [2.05, 4.69) is 20.9 Å². The quantitative estimate of drug-likeness (QED) is 0.436. The zero-order chi connectivity index (χ0) is 23.2. The van der Waals surface area contributed by atoms with Crippen molar-refractivity contribution in [2.75, 3.05) is 28.6 Å². The number of rotatable bonds is 6. The Kier molecular flexibility index (Phi) is 7.13. The third-order valence-corrected chi connectivity index (χ3v) is 6.22. The minimum atomic E-state index is -0.342. The lowest BCUT2D eigenvalue weighted by Gasteiger charge is -2.31. The van der Waals surface area contributed by atoms with E-state index in [0.717, 1.165) is 54.5 Å². The molecule has 4 rings (SSSR count). The van der Waals surface area contributed by atoms with E-state index in [4.69, 9.17) is 0 Å². The highest BCUT2D eigenvalue weighted by Crippen LogP contribution is 2.28. The molecular weight excluding hydrogens is 412 g/mol. The van der Waals surface area contributed by atoms with Crippen LogP contribution in [0.3, 0.4) is 0 Å². The molecule has 1 fully saturated rings. The summed E-state index contributed by atoms with van der Waals surface area (Å²) in [6.45, 7) is 5.93. The molecule has 0 radical (unpaired) electrons. The van der Waals surface area contributed by atoms with Gasteiger partial charge in [-0.2, -0.15) is 0 Å². The molecule has 3 amide bonds. The first-order valence-corrected chi connectivity index (χ1v) is 11.8. The summed E-state index contributed by atoms with van der Waals surface area (Å²) < 4.78 is 0. The van der Waals surface area contributed by atoms with E-state index in [9.17, 15) is 9.59 Å². The average Bonchev–Trinajstić information content (AvgIpc) is 2.84. The Bertz CT molecular complexity index is 1130. The van der Waals surface area contributed by atoms with Gasteiger partial charge in [0.25, 0.3) is 5.91 Å². The molecule has 0 spiro atoms. The van der Waals surface area contributed by atoms with Crippen molar-refractivity contribution in [3.05, 3.63) is 66.2 Å². The van der Waals surface area contributed by atoms with Crippen LogP contribution in [0, 0.1) is 0 Å². The lowest BCUT2D eigenvalue weighted by atomic mass is 10.1. The number of carbonyl (C=O) groups excluding carboxylic acids is 2. The highest BCUT2D eigenvalue weighted by Gasteiger charge is 2.20. The van der Waals surface area contributed by atoms with Crippen LogP contribution in [0.25, 0.3) is 10.8 Å². The summed E-state index contributed by atoms with van der Waals surface area (Å²) in [5.74, 6) is -0.108. The Morgan fingerprint density at radius 2 is 1.70 bits per heavy atom. The number of amides is 3. The molecule has 6 nitrogen and oxygen atoms in total. The van der Waals surface area contributed by atoms with Gasteiger partial charge in [0.15, 0.2) is 0 Å². The van der Waals surface area contributed by atoms with Crippen LogP contribution in [0.4, 0.5) is 21.9 Å². The fourth-order valence-electron chi connectivity index (χ4n) is 4.23. The van der Waals surface area contributed by atoms with Crippen molar-refractivity contribution in [2.45, 2.75) is 45.6 Å². The Morgan fingerprint density at radius 3 is 2.48 bits per heavy atom. The molecular formula is C27H32N4O2. The molecule has 3 aromatic rings. The van der Waals surface area contributed by atoms with Crippen LogP contribution in [0.1, 0.15) is 49.9 Å². The highest BCUT2D eigenvalue weighted by molar-refractivity contribution is 6.07. The first-order chi connectivity index (χ1) is 16.0. The largest absolute Gasteiger partial charge is 0.371 e. The van der Waals surface area contributed by atoms with Gasteiger partial charge in [0.2, 0.25) is 0 Å². The van der Waals surface area contributed by atoms with Crippen LogP contribution >= 0.6 is 0 Å². The molecule has 3 aromatic carbocycles. The molecule has 33 heavy (non-hydrogen) atoms. The van der Waals surface area contributed by atoms with Crippen LogP contribution in [0.15, 0.2) is 60.7 Å². The fourth-order valence-corrected chi connectivity index (χ4v) is 4.23. The minimum absolute atomic E-state index is 0.0815. The van der Waals surface area contributed by atoms with Gasteiger partial charge in [-0.15, -0.1) is 0 Å². The smallest absolute Gasteiger partial charge is 0.323 e. The number of nitrogens with one attached hydrogen (secondary N) is 3. The molecule has 3 N–H and O–H groups in total. The van der Waals surface area contributed by atoms with E-state index in [1.807, 2.05) is 68.4 Å². The zero-order valence-electron chi connectivity index (χ0n) is 19.4. The van der Waals surface area contributed by atoms with Crippen molar-refractivity contribution in [3.8, 4) is 0 Å². The van der Waals surface area contributed by atoms with Crippen LogP contribution in [0.5, 0.6) is 0 Å². The lowest BCUT2D eigenvalue weighted by Crippen LogP contribution is -2.35. The third-order valence-electron chi connectivity index (χ3n) is 6.22. The fraction of sp³-hybridized carbons (Fsp3) is 0.333. The first kappa shape index (κ1) is 22.6. The van der Waals surface area contributed by atoms with Crippen molar-refractivity contribution in [1.29, 1.82) is 0 Å². The Balaban J connectivity index is 1.56. The van der Waals surface area contributed by atoms with Gasteiger partial charge in [-0.05, 0) is 62.3 Å². The number of hydrogen-bond acceptors (Lipinski definition) is 3. The van der Waals surface area contributed by atoms with E-state index in [0.29, 0.717) is 11.3 Å². The second-order valence-electron chi connectivity index (χ2n) is 8.67. The maximum absolute atomic E-state index is 13.1. The van der Waals surface area contributed by atoms with Crippen LogP contribution in [-0.4, -0.2) is 31.1 Å². The minimum Gasteiger partial charge on any atom is -0.371 e. The maximum atomic E-state index is 13.1. The number of anilines is 3. The summed E-state index contributed by atoms with van der Waals surface area (Å²) in [5, 5.41) is 10.9. The van der Waals surface area contributed by atoms with E-state index in [1.54, 1.807) is 6.07 Å². The summed E-state index contributed by atoms with van der Waals surface area (Å²) in [5.41, 5.74) is 2.85. The van der Waals surface area contributed by atoms with Crippen molar-refractivity contribution in [3.63, 3.8) is 0 Å². The van der Waals surface area contributed by atoms with Crippen molar-refractivity contribution in [2.24, 2.45) is 0 Å². The molecule has 0 aromatic heterocycles. The third kappa shape index (κ3) is 5.45. The van der Waals surface area contributed by atoms with Gasteiger partial charge in [-0.25, -0.2) is 4.79 Å². The number of urea groups is 1. The van der Waals surface area contributed by atoms with Gasteiger partial charge in [-0.1, -0.05) is 43.3 Å². The van der Waals surface area contributed by atoms with Gasteiger partial charge in [0.05, 0.1) is 11.3 Å². The molecule has 172 valence electrons. The molecule has 1 heterocycles. The summed E-state index contributed by atoms with van der Waals surface area (Å²) in [6.07, 6.45) is 4.33. The van der Waals surface area contributed by atoms with Gasteiger partial charge in [-0.3, -0.25) is 4.79 Å². The van der Waals surface area contributed by atoms with Crippen molar-refractivity contribution < 1.29 is 9.59 Å². The predicted octanol–water partition coefficient (Wildman–Crippen LogP) is 6.00. The van der Waals surface area contributed by atoms with Gasteiger partial charge in [0.1, 0.15) is 0 Å². The van der Waals surface area contributed by atoms with Gasteiger partial charge in [0, 0.05) is 35.9 Å². The number of hydrogen-bond donors (Lipinski definition) is 3. The van der Waals surface area contributed by atoms with Crippen LogP contribution in [-0.2, 0) is 0 Å². The van der Waals surface area contributed by atoms with Crippen molar-refractivity contribution >= 4 is 39.8 Å². The molecule has 0 bridgehead atoms. The maximum Gasteiger partial charge on any atom is 0.323 e. The normalized spacial score (nSPS) is 14.5. The number of piperidine rings is 1. The average molecular weight is 445 g/mol. The summed E-state index contributed by atoms with van der Waals surface area (Å²) in [7, 11) is 0. The van der Waals surface area contributed by atoms with Gasteiger partial charge < -0.3 is 20.9 Å². The summed E-state index contributed by atoms with van der Waals surface area (Å²) in [4.78, 5) is 28.1. The van der Waals surface area contributed by atoms with Crippen LogP contribution in [0.2, 0.25) is 0 Å². The molecule has 0 aliphatic carbocycles. The molecule has 1 atom stereocenters. The Labute approximate surface area is 195 Å². The predicted molar refractivity (Wildman–Crippen MR) is 136 cm³/mol.